The second-order valence-corrected chi connectivity index (χ2v) is 4.24. The van der Waals surface area contributed by atoms with Crippen LogP contribution in [0.3, 0.4) is 0 Å². The predicted molar refractivity (Wildman–Crippen MR) is 53.3 cm³/mol. The SMILES string of the molecule is CCN1CC(OC)C(SNC)C1. The molecular weight excluding hydrogens is 172 g/mol. The van der Waals surface area contributed by atoms with Gasteiger partial charge in [0.05, 0.1) is 11.4 Å². The van der Waals surface area contributed by atoms with Crippen molar-refractivity contribution in [2.24, 2.45) is 0 Å². The van der Waals surface area contributed by atoms with E-state index in [-0.39, 0.29) is 0 Å². The van der Waals surface area contributed by atoms with E-state index in [9.17, 15) is 0 Å². The number of methoxy groups -OCH3 is 1. The Labute approximate surface area is 79.0 Å². The third-order valence-corrected chi connectivity index (χ3v) is 3.30. The van der Waals surface area contributed by atoms with E-state index in [0.29, 0.717) is 11.4 Å². The molecule has 0 amide bonds. The van der Waals surface area contributed by atoms with Crippen LogP contribution in [0.15, 0.2) is 0 Å². The van der Waals surface area contributed by atoms with E-state index in [1.165, 1.54) is 0 Å². The molecule has 0 aromatic heterocycles. The van der Waals surface area contributed by atoms with Crippen molar-refractivity contribution in [2.45, 2.75) is 18.3 Å². The van der Waals surface area contributed by atoms with Crippen molar-refractivity contribution in [1.29, 1.82) is 0 Å². The fourth-order valence-corrected chi connectivity index (χ4v) is 2.50. The molecule has 2 unspecified atom stereocenters. The summed E-state index contributed by atoms with van der Waals surface area (Å²) in [4.78, 5) is 2.42. The first-order chi connectivity index (χ1) is 5.81. The first kappa shape index (κ1) is 10.3. The van der Waals surface area contributed by atoms with Crippen LogP contribution < -0.4 is 4.72 Å². The molecule has 72 valence electrons. The predicted octanol–water partition coefficient (Wildman–Crippen LogP) is 0.573. The highest BCUT2D eigenvalue weighted by Crippen LogP contribution is 2.22. The molecule has 0 aromatic carbocycles. The minimum atomic E-state index is 0.391. The summed E-state index contributed by atoms with van der Waals surface area (Å²) in [5.74, 6) is 0. The second kappa shape index (κ2) is 5.07. The molecule has 1 fully saturated rings. The van der Waals surface area contributed by atoms with Gasteiger partial charge in [0.1, 0.15) is 0 Å². The number of rotatable bonds is 4. The van der Waals surface area contributed by atoms with Crippen molar-refractivity contribution in [3.8, 4) is 0 Å². The zero-order valence-corrected chi connectivity index (χ0v) is 8.86. The Kier molecular flexibility index (Phi) is 4.35. The molecule has 1 aliphatic heterocycles. The molecular formula is C8H18N2OS. The minimum Gasteiger partial charge on any atom is -0.379 e. The van der Waals surface area contributed by atoms with Crippen LogP contribution in [0.1, 0.15) is 6.92 Å². The summed E-state index contributed by atoms with van der Waals surface area (Å²) in [5, 5.41) is 0.583. The van der Waals surface area contributed by atoms with Crippen LogP contribution in [-0.2, 0) is 4.74 Å². The standard InChI is InChI=1S/C8H18N2OS/c1-4-10-5-7(11-3)8(6-10)12-9-2/h7-9H,4-6H2,1-3H3. The lowest BCUT2D eigenvalue weighted by atomic mass is 10.3. The Morgan fingerprint density at radius 2 is 2.33 bits per heavy atom. The summed E-state index contributed by atoms with van der Waals surface area (Å²) < 4.78 is 8.53. The van der Waals surface area contributed by atoms with Gasteiger partial charge in [0.2, 0.25) is 0 Å². The molecule has 4 heteroatoms. The van der Waals surface area contributed by atoms with Crippen molar-refractivity contribution in [3.63, 3.8) is 0 Å². The van der Waals surface area contributed by atoms with Gasteiger partial charge in [-0.3, -0.25) is 9.62 Å². The van der Waals surface area contributed by atoms with Gasteiger partial charge in [-0.2, -0.15) is 0 Å². The number of likely N-dealkylation sites (N-methyl/N-ethyl adjacent to an activating group) is 1. The minimum absolute atomic E-state index is 0.391. The number of nitrogens with one attached hydrogen (secondary N) is 1. The fraction of sp³-hybridized carbons (Fsp3) is 1.00. The molecule has 1 heterocycles. The van der Waals surface area contributed by atoms with Crippen molar-refractivity contribution in [1.82, 2.24) is 9.62 Å². The van der Waals surface area contributed by atoms with E-state index in [1.807, 2.05) is 7.05 Å². The van der Waals surface area contributed by atoms with E-state index in [0.717, 1.165) is 19.6 Å². The first-order valence-corrected chi connectivity index (χ1v) is 5.27. The van der Waals surface area contributed by atoms with Gasteiger partial charge in [-0.05, 0) is 13.6 Å². The van der Waals surface area contributed by atoms with Gasteiger partial charge < -0.3 is 4.74 Å². The third kappa shape index (κ3) is 2.36. The Morgan fingerprint density at radius 3 is 2.83 bits per heavy atom. The number of likely N-dealkylation sites (tertiary alicyclic amines) is 1. The zero-order valence-electron chi connectivity index (χ0n) is 8.04. The molecule has 1 saturated heterocycles. The van der Waals surface area contributed by atoms with Crippen LogP contribution in [0.4, 0.5) is 0 Å². The molecule has 0 radical (unpaired) electrons. The highest BCUT2D eigenvalue weighted by molar-refractivity contribution is 7.98. The maximum Gasteiger partial charge on any atom is 0.0841 e. The Balaban J connectivity index is 2.39. The Hall–Kier alpha value is 0.230. The molecule has 0 aliphatic carbocycles. The van der Waals surface area contributed by atoms with Gasteiger partial charge >= 0.3 is 0 Å². The molecule has 0 saturated carbocycles. The summed E-state index contributed by atoms with van der Waals surface area (Å²) in [6.07, 6.45) is 0.391. The number of nitrogens with zero attached hydrogens (tertiary/aromatic N) is 1. The molecule has 0 aromatic rings. The summed E-state index contributed by atoms with van der Waals surface area (Å²) in [6, 6.07) is 0. The number of ether oxygens (including phenoxy) is 1. The van der Waals surface area contributed by atoms with E-state index < -0.39 is 0 Å². The van der Waals surface area contributed by atoms with Crippen LogP contribution in [-0.4, -0.2) is 50.0 Å². The Morgan fingerprint density at radius 1 is 1.58 bits per heavy atom. The first-order valence-electron chi connectivity index (χ1n) is 4.39. The second-order valence-electron chi connectivity index (χ2n) is 2.99. The maximum atomic E-state index is 5.41. The monoisotopic (exact) mass is 190 g/mol. The van der Waals surface area contributed by atoms with Crippen molar-refractivity contribution in [3.05, 3.63) is 0 Å². The molecule has 1 rings (SSSR count). The Bertz CT molecular complexity index is 134. The topological polar surface area (TPSA) is 24.5 Å². The normalized spacial score (nSPS) is 31.2. The third-order valence-electron chi connectivity index (χ3n) is 2.31. The van der Waals surface area contributed by atoms with Crippen LogP contribution in [0.5, 0.6) is 0 Å². The number of hydrogen-bond donors (Lipinski definition) is 1. The molecule has 1 aliphatic rings. The molecule has 0 spiro atoms. The van der Waals surface area contributed by atoms with Gasteiger partial charge in [0.25, 0.3) is 0 Å². The van der Waals surface area contributed by atoms with Gasteiger partial charge in [-0.15, -0.1) is 0 Å². The maximum absolute atomic E-state index is 5.41. The van der Waals surface area contributed by atoms with E-state index in [2.05, 4.69) is 16.5 Å². The van der Waals surface area contributed by atoms with Crippen molar-refractivity contribution in [2.75, 3.05) is 33.8 Å². The van der Waals surface area contributed by atoms with E-state index >= 15 is 0 Å². The zero-order chi connectivity index (χ0) is 8.97. The summed E-state index contributed by atoms with van der Waals surface area (Å²) in [6.45, 7) is 5.53. The highest BCUT2D eigenvalue weighted by Gasteiger charge is 2.31. The van der Waals surface area contributed by atoms with Gasteiger partial charge in [-0.1, -0.05) is 18.9 Å². The average Bonchev–Trinajstić information content (AvgIpc) is 2.48. The fourth-order valence-electron chi connectivity index (χ4n) is 1.57. The van der Waals surface area contributed by atoms with Gasteiger partial charge in [-0.25, -0.2) is 0 Å². The lowest BCUT2D eigenvalue weighted by Gasteiger charge is -2.14. The van der Waals surface area contributed by atoms with Gasteiger partial charge in [0.15, 0.2) is 0 Å². The van der Waals surface area contributed by atoms with Crippen LogP contribution in [0.2, 0.25) is 0 Å². The molecule has 12 heavy (non-hydrogen) atoms. The highest BCUT2D eigenvalue weighted by atomic mass is 32.2. The quantitative estimate of drug-likeness (QED) is 0.655. The van der Waals surface area contributed by atoms with E-state index in [4.69, 9.17) is 4.74 Å². The summed E-state index contributed by atoms with van der Waals surface area (Å²) in [7, 11) is 3.76. The summed E-state index contributed by atoms with van der Waals surface area (Å²) in [5.41, 5.74) is 0. The molecule has 0 bridgehead atoms. The largest absolute Gasteiger partial charge is 0.379 e. The van der Waals surface area contributed by atoms with Crippen LogP contribution in [0, 0.1) is 0 Å². The number of hydrogen-bond acceptors (Lipinski definition) is 4. The lowest BCUT2D eigenvalue weighted by molar-refractivity contribution is 0.111. The molecule has 3 nitrogen and oxygen atoms in total. The molecule has 1 N–H and O–H groups in total. The average molecular weight is 190 g/mol. The van der Waals surface area contributed by atoms with Crippen molar-refractivity contribution < 1.29 is 4.74 Å². The van der Waals surface area contributed by atoms with Crippen molar-refractivity contribution >= 4 is 11.9 Å². The smallest absolute Gasteiger partial charge is 0.0841 e. The summed E-state index contributed by atoms with van der Waals surface area (Å²) >= 11 is 1.77. The van der Waals surface area contributed by atoms with Gasteiger partial charge in [0, 0.05) is 20.2 Å². The van der Waals surface area contributed by atoms with Crippen LogP contribution in [0.25, 0.3) is 0 Å². The molecule has 2 atom stereocenters. The van der Waals surface area contributed by atoms with Crippen LogP contribution >= 0.6 is 11.9 Å². The van der Waals surface area contributed by atoms with E-state index in [1.54, 1.807) is 19.1 Å². The lowest BCUT2D eigenvalue weighted by Crippen LogP contribution is -2.25.